The van der Waals surface area contributed by atoms with Gasteiger partial charge in [0.05, 0.1) is 5.75 Å². The highest BCUT2D eigenvalue weighted by Gasteiger charge is 2.19. The number of rotatable bonds is 9. The van der Waals surface area contributed by atoms with Gasteiger partial charge >= 0.3 is 5.97 Å². The maximum Gasteiger partial charge on any atom is 0.317 e. The Bertz CT molecular complexity index is 754. The minimum atomic E-state index is -0.891. The van der Waals surface area contributed by atoms with Crippen molar-refractivity contribution < 1.29 is 18.7 Å². The molecule has 2 aromatic carbocycles. The lowest BCUT2D eigenvalue weighted by Gasteiger charge is -2.18. The van der Waals surface area contributed by atoms with Gasteiger partial charge in [-0.1, -0.05) is 42.5 Å². The van der Waals surface area contributed by atoms with Crippen molar-refractivity contribution >= 4 is 23.6 Å². The molecule has 0 radical (unpaired) electrons. The van der Waals surface area contributed by atoms with Gasteiger partial charge in [0.25, 0.3) is 5.91 Å². The van der Waals surface area contributed by atoms with Crippen molar-refractivity contribution in [3.05, 3.63) is 66.0 Å². The molecule has 1 amide bonds. The Morgan fingerprint density at radius 3 is 2.44 bits per heavy atom. The van der Waals surface area contributed by atoms with Crippen molar-refractivity contribution in [2.75, 3.05) is 5.75 Å². The van der Waals surface area contributed by atoms with E-state index in [1.807, 2.05) is 37.3 Å². The third kappa shape index (κ3) is 7.43. The highest BCUT2D eigenvalue weighted by molar-refractivity contribution is 8.00. The maximum absolute atomic E-state index is 13.5. The number of carbonyl (C=O) groups is 2. The van der Waals surface area contributed by atoms with Crippen LogP contribution in [0.2, 0.25) is 0 Å². The quantitative estimate of drug-likeness (QED) is 0.521. The van der Waals surface area contributed by atoms with Gasteiger partial charge in [0.2, 0.25) is 0 Å². The van der Waals surface area contributed by atoms with Gasteiger partial charge in [-0.15, -0.1) is 11.8 Å². The zero-order valence-electron chi connectivity index (χ0n) is 15.5. The Hall–Kier alpha value is -2.34. The van der Waals surface area contributed by atoms with Gasteiger partial charge in [0.1, 0.15) is 5.82 Å². The second-order valence-corrected chi connectivity index (χ2v) is 7.30. The number of halogens is 1. The molecule has 27 heavy (non-hydrogen) atoms. The monoisotopic (exact) mass is 389 g/mol. The summed E-state index contributed by atoms with van der Waals surface area (Å²) in [6.07, 6.45) is 0.757. The lowest BCUT2D eigenvalue weighted by Crippen LogP contribution is -2.41. The lowest BCUT2D eigenvalue weighted by molar-refractivity contribution is -0.152. The van der Waals surface area contributed by atoms with Gasteiger partial charge in [-0.25, -0.2) is 4.39 Å². The van der Waals surface area contributed by atoms with E-state index in [0.29, 0.717) is 4.90 Å². The smallest absolute Gasteiger partial charge is 0.317 e. The first-order valence-electron chi connectivity index (χ1n) is 8.87. The molecule has 0 aromatic heterocycles. The molecule has 0 saturated heterocycles. The van der Waals surface area contributed by atoms with Crippen LogP contribution in [-0.2, 0) is 20.7 Å². The van der Waals surface area contributed by atoms with Gasteiger partial charge in [-0.05, 0) is 44.4 Å². The normalized spacial score (nSPS) is 12.9. The molecule has 2 rings (SSSR count). The number of esters is 1. The van der Waals surface area contributed by atoms with Gasteiger partial charge in [-0.2, -0.15) is 0 Å². The average molecular weight is 389 g/mol. The first kappa shape index (κ1) is 21.0. The molecule has 1 N–H and O–H groups in total. The molecule has 0 aliphatic heterocycles. The fourth-order valence-electron chi connectivity index (χ4n) is 2.44. The second kappa shape index (κ2) is 10.7. The summed E-state index contributed by atoms with van der Waals surface area (Å²) in [7, 11) is 0. The van der Waals surface area contributed by atoms with Crippen LogP contribution in [0.5, 0.6) is 0 Å². The van der Waals surface area contributed by atoms with Gasteiger partial charge in [0, 0.05) is 10.9 Å². The van der Waals surface area contributed by atoms with E-state index in [-0.39, 0.29) is 23.5 Å². The Morgan fingerprint density at radius 2 is 1.74 bits per heavy atom. The van der Waals surface area contributed by atoms with Crippen LogP contribution in [0.15, 0.2) is 59.5 Å². The van der Waals surface area contributed by atoms with Gasteiger partial charge < -0.3 is 10.1 Å². The van der Waals surface area contributed by atoms with Crippen LogP contribution in [-0.4, -0.2) is 29.8 Å². The first-order chi connectivity index (χ1) is 13.0. The molecule has 4 nitrogen and oxygen atoms in total. The Labute approximate surface area is 163 Å². The summed E-state index contributed by atoms with van der Waals surface area (Å²) in [5.74, 6) is -1.32. The van der Waals surface area contributed by atoms with E-state index in [0.717, 1.165) is 24.6 Å². The largest absolute Gasteiger partial charge is 0.452 e. The molecule has 6 heteroatoms. The molecule has 0 fully saturated rings. The van der Waals surface area contributed by atoms with Crippen LogP contribution in [0, 0.1) is 5.82 Å². The van der Waals surface area contributed by atoms with E-state index in [9.17, 15) is 14.0 Å². The maximum atomic E-state index is 13.5. The van der Waals surface area contributed by atoms with Crippen LogP contribution in [0.3, 0.4) is 0 Å². The summed E-state index contributed by atoms with van der Waals surface area (Å²) in [4.78, 5) is 24.4. The number of benzene rings is 2. The highest BCUT2D eigenvalue weighted by Crippen LogP contribution is 2.21. The van der Waals surface area contributed by atoms with Crippen molar-refractivity contribution in [2.24, 2.45) is 0 Å². The number of aryl methyl sites for hydroxylation is 1. The molecular weight excluding hydrogens is 365 g/mol. The van der Waals surface area contributed by atoms with Gasteiger partial charge in [0.15, 0.2) is 6.10 Å². The predicted molar refractivity (Wildman–Crippen MR) is 105 cm³/mol. The number of carbonyl (C=O) groups excluding carboxylic acids is 2. The highest BCUT2D eigenvalue weighted by atomic mass is 32.2. The standard InChI is InChI=1S/C21H24FNO3S/c1-15(12-13-17-8-4-3-5-9-17)23-21(25)16(2)26-20(24)14-27-19-11-7-6-10-18(19)22/h3-11,15-16H,12-14H2,1-2H3,(H,23,25)/t15-,16+/m0/s1. The molecule has 0 aliphatic carbocycles. The number of hydrogen-bond donors (Lipinski definition) is 1. The van der Waals surface area contributed by atoms with E-state index in [1.165, 1.54) is 18.6 Å². The Kier molecular flexibility index (Phi) is 8.33. The molecule has 2 aromatic rings. The molecule has 144 valence electrons. The summed E-state index contributed by atoms with van der Waals surface area (Å²) in [5.41, 5.74) is 1.21. The van der Waals surface area contributed by atoms with Crippen LogP contribution in [0.25, 0.3) is 0 Å². The molecule has 2 atom stereocenters. The van der Waals surface area contributed by atoms with Crippen LogP contribution in [0.4, 0.5) is 4.39 Å². The number of thioether (sulfide) groups is 1. The minimum Gasteiger partial charge on any atom is -0.452 e. The Balaban J connectivity index is 1.70. The summed E-state index contributed by atoms with van der Waals surface area (Å²) in [6, 6.07) is 16.2. The van der Waals surface area contributed by atoms with E-state index in [1.54, 1.807) is 18.2 Å². The van der Waals surface area contributed by atoms with E-state index in [4.69, 9.17) is 4.74 Å². The van der Waals surface area contributed by atoms with Crippen LogP contribution < -0.4 is 5.32 Å². The number of ether oxygens (including phenoxy) is 1. The summed E-state index contributed by atoms with van der Waals surface area (Å²) >= 11 is 1.05. The van der Waals surface area contributed by atoms with E-state index in [2.05, 4.69) is 5.32 Å². The molecular formula is C21H24FNO3S. The van der Waals surface area contributed by atoms with E-state index < -0.39 is 12.1 Å². The van der Waals surface area contributed by atoms with Crippen LogP contribution in [0.1, 0.15) is 25.8 Å². The van der Waals surface area contributed by atoms with Gasteiger partial charge in [-0.3, -0.25) is 9.59 Å². The van der Waals surface area contributed by atoms with Crippen LogP contribution >= 0.6 is 11.8 Å². The summed E-state index contributed by atoms with van der Waals surface area (Å²) in [5, 5.41) is 2.86. The fraction of sp³-hybridized carbons (Fsp3) is 0.333. The SMILES string of the molecule is C[C@@H](CCc1ccccc1)NC(=O)[C@@H](C)OC(=O)CSc1ccccc1F. The predicted octanol–water partition coefficient (Wildman–Crippen LogP) is 3.99. The summed E-state index contributed by atoms with van der Waals surface area (Å²) < 4.78 is 18.7. The zero-order valence-corrected chi connectivity index (χ0v) is 16.3. The third-order valence-corrected chi connectivity index (χ3v) is 4.98. The molecule has 0 spiro atoms. The fourth-order valence-corrected chi connectivity index (χ4v) is 3.17. The lowest BCUT2D eigenvalue weighted by atomic mass is 10.1. The van der Waals surface area contributed by atoms with Crippen molar-refractivity contribution in [1.82, 2.24) is 5.32 Å². The first-order valence-corrected chi connectivity index (χ1v) is 9.85. The van der Waals surface area contributed by atoms with Crippen molar-refractivity contribution in [2.45, 2.75) is 43.7 Å². The van der Waals surface area contributed by atoms with Crippen molar-refractivity contribution in [1.29, 1.82) is 0 Å². The molecule has 0 bridgehead atoms. The summed E-state index contributed by atoms with van der Waals surface area (Å²) in [6.45, 7) is 3.45. The second-order valence-electron chi connectivity index (χ2n) is 6.29. The van der Waals surface area contributed by atoms with Crippen molar-refractivity contribution in [3.63, 3.8) is 0 Å². The topological polar surface area (TPSA) is 55.4 Å². The van der Waals surface area contributed by atoms with Crippen molar-refractivity contribution in [3.8, 4) is 0 Å². The molecule has 0 saturated carbocycles. The number of hydrogen-bond acceptors (Lipinski definition) is 4. The molecule has 0 aliphatic rings. The number of amides is 1. The van der Waals surface area contributed by atoms with E-state index >= 15 is 0 Å². The zero-order chi connectivity index (χ0) is 19.6. The third-order valence-electron chi connectivity index (χ3n) is 3.96. The minimum absolute atomic E-state index is 0.0355. The number of nitrogens with one attached hydrogen (secondary N) is 1. The average Bonchev–Trinajstić information content (AvgIpc) is 2.66. The Morgan fingerprint density at radius 1 is 1.07 bits per heavy atom. The molecule has 0 heterocycles. The molecule has 0 unspecified atom stereocenters.